The number of aromatic nitrogens is 2. The van der Waals surface area contributed by atoms with Crippen molar-refractivity contribution in [2.24, 2.45) is 0 Å². The molecule has 2 aromatic rings. The van der Waals surface area contributed by atoms with E-state index >= 15 is 0 Å². The molecule has 1 heterocycles. The molecule has 1 aliphatic rings. The quantitative estimate of drug-likeness (QED) is 0.788. The molecule has 3 rings (SSSR count). The van der Waals surface area contributed by atoms with Crippen molar-refractivity contribution in [2.75, 3.05) is 13.2 Å². The molecule has 1 saturated carbocycles. The Bertz CT molecular complexity index is 713. The van der Waals surface area contributed by atoms with Gasteiger partial charge in [0.1, 0.15) is 0 Å². The Morgan fingerprint density at radius 3 is 2.65 bits per heavy atom. The first-order valence-electron chi connectivity index (χ1n) is 9.65. The van der Waals surface area contributed by atoms with Gasteiger partial charge >= 0.3 is 0 Å². The molecule has 0 unspecified atom stereocenters. The number of aliphatic hydroxyl groups excluding tert-OH is 1. The van der Waals surface area contributed by atoms with Crippen molar-refractivity contribution < 1.29 is 5.11 Å². The minimum absolute atomic E-state index is 0.180. The first kappa shape index (κ1) is 18.6. The van der Waals surface area contributed by atoms with Crippen molar-refractivity contribution >= 4 is 0 Å². The number of aliphatic hydroxyl groups is 1. The van der Waals surface area contributed by atoms with Gasteiger partial charge in [0.05, 0.1) is 31.3 Å². The van der Waals surface area contributed by atoms with Gasteiger partial charge < -0.3 is 5.11 Å². The lowest BCUT2D eigenvalue weighted by molar-refractivity contribution is 0.117. The summed E-state index contributed by atoms with van der Waals surface area (Å²) in [5.41, 5.74) is 3.27. The van der Waals surface area contributed by atoms with Crippen LogP contribution in [0.1, 0.15) is 44.1 Å². The summed E-state index contributed by atoms with van der Waals surface area (Å²) >= 11 is 0. The molecule has 1 aliphatic carbocycles. The van der Waals surface area contributed by atoms with E-state index in [2.05, 4.69) is 29.3 Å². The second kappa shape index (κ2) is 9.51. The van der Waals surface area contributed by atoms with Crippen molar-refractivity contribution in [2.45, 2.75) is 57.7 Å². The Morgan fingerprint density at radius 2 is 1.96 bits per heavy atom. The molecular weight excluding hydrogens is 324 g/mol. The fourth-order valence-corrected chi connectivity index (χ4v) is 3.88. The van der Waals surface area contributed by atoms with Crippen LogP contribution in [-0.4, -0.2) is 39.0 Å². The summed E-state index contributed by atoms with van der Waals surface area (Å²) in [5.74, 6) is 0. The smallest absolute Gasteiger partial charge is 0.0968 e. The van der Waals surface area contributed by atoms with Gasteiger partial charge in [0.2, 0.25) is 0 Å². The summed E-state index contributed by atoms with van der Waals surface area (Å²) < 4.78 is 1.89. The molecule has 5 nitrogen and oxygen atoms in total. The molecule has 0 atom stereocenters. The Morgan fingerprint density at radius 1 is 1.19 bits per heavy atom. The zero-order chi connectivity index (χ0) is 18.2. The molecule has 0 aliphatic heterocycles. The number of nitrogens with zero attached hydrogens (tertiary/aromatic N) is 4. The summed E-state index contributed by atoms with van der Waals surface area (Å²) in [5, 5.41) is 23.2. The van der Waals surface area contributed by atoms with Gasteiger partial charge in [0.15, 0.2) is 0 Å². The third kappa shape index (κ3) is 4.72. The van der Waals surface area contributed by atoms with Gasteiger partial charge in [-0.3, -0.25) is 9.58 Å². The van der Waals surface area contributed by atoms with Crippen LogP contribution in [0.2, 0.25) is 0 Å². The third-order valence-corrected chi connectivity index (χ3v) is 5.19. The van der Waals surface area contributed by atoms with E-state index in [1.54, 1.807) is 0 Å². The summed E-state index contributed by atoms with van der Waals surface area (Å²) in [4.78, 5) is 2.41. The molecule has 0 radical (unpaired) electrons. The predicted molar refractivity (Wildman–Crippen MR) is 102 cm³/mol. The van der Waals surface area contributed by atoms with Crippen LogP contribution in [0.3, 0.4) is 0 Å². The fraction of sp³-hybridized carbons (Fsp3) is 0.524. The Hall–Kier alpha value is -2.16. The van der Waals surface area contributed by atoms with Crippen LogP contribution in [0, 0.1) is 11.3 Å². The number of nitriles is 1. The second-order valence-electron chi connectivity index (χ2n) is 7.03. The maximum atomic E-state index is 9.55. The van der Waals surface area contributed by atoms with Gasteiger partial charge in [0, 0.05) is 36.5 Å². The molecule has 1 fully saturated rings. The summed E-state index contributed by atoms with van der Waals surface area (Å²) in [6.07, 6.45) is 8.83. The third-order valence-electron chi connectivity index (χ3n) is 5.19. The molecule has 0 amide bonds. The number of rotatable bonds is 8. The predicted octanol–water partition coefficient (Wildman–Crippen LogP) is 3.59. The minimum atomic E-state index is 0.180. The Balaban J connectivity index is 1.85. The van der Waals surface area contributed by atoms with Gasteiger partial charge in [-0.1, -0.05) is 49.6 Å². The molecule has 1 aromatic carbocycles. The SMILES string of the molecule is N#CCCn1cc(CN(CCO)C2CCCCC2)c(-c2ccccc2)n1. The number of hydrogen-bond acceptors (Lipinski definition) is 4. The molecule has 0 saturated heterocycles. The van der Waals surface area contributed by atoms with Crippen LogP contribution in [0.15, 0.2) is 36.5 Å². The van der Waals surface area contributed by atoms with E-state index in [9.17, 15) is 5.11 Å². The van der Waals surface area contributed by atoms with Gasteiger partial charge in [-0.15, -0.1) is 0 Å². The average molecular weight is 352 g/mol. The minimum Gasteiger partial charge on any atom is -0.395 e. The van der Waals surface area contributed by atoms with Crippen LogP contribution in [-0.2, 0) is 13.1 Å². The first-order valence-corrected chi connectivity index (χ1v) is 9.65. The molecule has 138 valence electrons. The number of aryl methyl sites for hydroxylation is 1. The van der Waals surface area contributed by atoms with E-state index in [4.69, 9.17) is 10.4 Å². The Labute approximate surface area is 155 Å². The summed E-state index contributed by atoms with van der Waals surface area (Å²) in [7, 11) is 0. The molecule has 0 bridgehead atoms. The van der Waals surface area contributed by atoms with E-state index in [1.807, 2.05) is 22.9 Å². The van der Waals surface area contributed by atoms with E-state index in [-0.39, 0.29) is 6.61 Å². The van der Waals surface area contributed by atoms with Gasteiger partial charge in [-0.25, -0.2) is 0 Å². The standard InChI is InChI=1S/C21H28N4O/c22-12-7-13-25-17-19(21(23-25)18-8-3-1-4-9-18)16-24(14-15-26)20-10-5-2-6-11-20/h1,3-4,8-9,17,20,26H,2,5-7,10-11,13-16H2. The lowest BCUT2D eigenvalue weighted by Crippen LogP contribution is -2.38. The van der Waals surface area contributed by atoms with Crippen LogP contribution in [0.5, 0.6) is 0 Å². The van der Waals surface area contributed by atoms with Crippen LogP contribution < -0.4 is 0 Å². The lowest BCUT2D eigenvalue weighted by Gasteiger charge is -2.33. The monoisotopic (exact) mass is 352 g/mol. The first-order chi connectivity index (χ1) is 12.8. The van der Waals surface area contributed by atoms with Crippen LogP contribution >= 0.6 is 0 Å². The molecule has 1 aromatic heterocycles. The van der Waals surface area contributed by atoms with Crippen molar-refractivity contribution in [3.05, 3.63) is 42.1 Å². The fourth-order valence-electron chi connectivity index (χ4n) is 3.88. The molecule has 5 heteroatoms. The highest BCUT2D eigenvalue weighted by molar-refractivity contribution is 5.62. The van der Waals surface area contributed by atoms with E-state index < -0.39 is 0 Å². The topological polar surface area (TPSA) is 65.1 Å². The number of hydrogen-bond donors (Lipinski definition) is 1. The lowest BCUT2D eigenvalue weighted by atomic mass is 9.93. The largest absolute Gasteiger partial charge is 0.395 e. The molecular formula is C21H28N4O. The zero-order valence-electron chi connectivity index (χ0n) is 15.3. The zero-order valence-corrected chi connectivity index (χ0v) is 15.3. The van der Waals surface area contributed by atoms with E-state index in [0.717, 1.165) is 17.8 Å². The van der Waals surface area contributed by atoms with E-state index in [0.29, 0.717) is 25.6 Å². The van der Waals surface area contributed by atoms with Gasteiger partial charge in [-0.05, 0) is 12.8 Å². The molecule has 26 heavy (non-hydrogen) atoms. The summed E-state index contributed by atoms with van der Waals surface area (Å²) in [6, 6.07) is 13.0. The average Bonchev–Trinajstić information content (AvgIpc) is 3.10. The van der Waals surface area contributed by atoms with Crippen molar-refractivity contribution in [3.8, 4) is 17.3 Å². The van der Waals surface area contributed by atoms with Gasteiger partial charge in [0.25, 0.3) is 0 Å². The summed E-state index contributed by atoms with van der Waals surface area (Å²) in [6.45, 7) is 2.28. The highest BCUT2D eigenvalue weighted by Gasteiger charge is 2.23. The normalized spacial score (nSPS) is 15.3. The van der Waals surface area contributed by atoms with Crippen molar-refractivity contribution in [1.82, 2.24) is 14.7 Å². The highest BCUT2D eigenvalue weighted by atomic mass is 16.3. The van der Waals surface area contributed by atoms with Crippen molar-refractivity contribution in [1.29, 1.82) is 5.26 Å². The highest BCUT2D eigenvalue weighted by Crippen LogP contribution is 2.27. The maximum Gasteiger partial charge on any atom is 0.0968 e. The number of benzene rings is 1. The van der Waals surface area contributed by atoms with Crippen molar-refractivity contribution in [3.63, 3.8) is 0 Å². The maximum absolute atomic E-state index is 9.55. The molecule has 0 spiro atoms. The Kier molecular flexibility index (Phi) is 6.82. The van der Waals surface area contributed by atoms with Crippen LogP contribution in [0.4, 0.5) is 0 Å². The van der Waals surface area contributed by atoms with E-state index in [1.165, 1.54) is 37.7 Å². The molecule has 1 N–H and O–H groups in total. The second-order valence-corrected chi connectivity index (χ2v) is 7.03. The van der Waals surface area contributed by atoms with Gasteiger partial charge in [-0.2, -0.15) is 10.4 Å². The van der Waals surface area contributed by atoms with Crippen LogP contribution in [0.25, 0.3) is 11.3 Å².